The molecule has 0 spiro atoms. The van der Waals surface area contributed by atoms with Crippen LogP contribution in [0.25, 0.3) is 11.4 Å². The minimum absolute atomic E-state index is 0.0256. The summed E-state index contributed by atoms with van der Waals surface area (Å²) >= 11 is 1.39. The maximum atomic E-state index is 12.3. The van der Waals surface area contributed by atoms with Gasteiger partial charge in [0, 0.05) is 31.5 Å². The lowest BCUT2D eigenvalue weighted by Gasteiger charge is -2.11. The number of pyridine rings is 1. The third-order valence-corrected chi connectivity index (χ3v) is 4.87. The molecular weight excluding hydrogens is 334 g/mol. The molecular formula is C18H19N5OS. The molecule has 2 heterocycles. The highest BCUT2D eigenvalue weighted by atomic mass is 32.2. The number of thioether (sulfide) groups is 1. The number of rotatable bonds is 6. The molecule has 0 unspecified atom stereocenters. The summed E-state index contributed by atoms with van der Waals surface area (Å²) in [7, 11) is 1.90. The Morgan fingerprint density at radius 1 is 1.16 bits per heavy atom. The summed E-state index contributed by atoms with van der Waals surface area (Å²) in [6.07, 6.45) is 3.44. The first-order chi connectivity index (χ1) is 12.1. The number of benzene rings is 1. The number of aromatic nitrogens is 4. The van der Waals surface area contributed by atoms with Crippen molar-refractivity contribution < 1.29 is 4.79 Å². The molecule has 2 aromatic heterocycles. The monoisotopic (exact) mass is 353 g/mol. The predicted molar refractivity (Wildman–Crippen MR) is 97.8 cm³/mol. The Labute approximate surface area is 150 Å². The van der Waals surface area contributed by atoms with Crippen LogP contribution in [-0.2, 0) is 18.4 Å². The first kappa shape index (κ1) is 17.2. The van der Waals surface area contributed by atoms with Gasteiger partial charge in [0.25, 0.3) is 0 Å². The van der Waals surface area contributed by atoms with Crippen LogP contribution in [0.2, 0.25) is 0 Å². The lowest BCUT2D eigenvalue weighted by atomic mass is 10.2. The normalized spacial score (nSPS) is 11.9. The Balaban J connectivity index is 1.62. The fraction of sp³-hybridized carbons (Fsp3) is 0.222. The SMILES string of the molecule is C[C@H](Sc1nnc(-c2ccncc2)n1C)C(=O)NCc1ccccc1. The molecule has 7 heteroatoms. The highest BCUT2D eigenvalue weighted by molar-refractivity contribution is 8.00. The zero-order valence-corrected chi connectivity index (χ0v) is 14.9. The lowest BCUT2D eigenvalue weighted by molar-refractivity contribution is -0.120. The first-order valence-electron chi connectivity index (χ1n) is 7.93. The van der Waals surface area contributed by atoms with E-state index in [1.807, 2.05) is 61.0 Å². The van der Waals surface area contributed by atoms with E-state index in [4.69, 9.17) is 0 Å². The number of nitrogens with one attached hydrogen (secondary N) is 1. The van der Waals surface area contributed by atoms with Gasteiger partial charge in [-0.2, -0.15) is 0 Å². The van der Waals surface area contributed by atoms with E-state index < -0.39 is 0 Å². The second kappa shape index (κ2) is 7.94. The van der Waals surface area contributed by atoms with Crippen molar-refractivity contribution in [3.05, 3.63) is 60.4 Å². The predicted octanol–water partition coefficient (Wildman–Crippen LogP) is 2.67. The van der Waals surface area contributed by atoms with Crippen LogP contribution < -0.4 is 5.32 Å². The molecule has 0 radical (unpaired) electrons. The molecule has 6 nitrogen and oxygen atoms in total. The van der Waals surface area contributed by atoms with Crippen LogP contribution in [0.4, 0.5) is 0 Å². The largest absolute Gasteiger partial charge is 0.351 e. The second-order valence-electron chi connectivity index (χ2n) is 5.56. The van der Waals surface area contributed by atoms with Crippen LogP contribution in [-0.4, -0.2) is 30.9 Å². The van der Waals surface area contributed by atoms with Crippen LogP contribution in [0, 0.1) is 0 Å². The van der Waals surface area contributed by atoms with E-state index >= 15 is 0 Å². The molecule has 3 rings (SSSR count). The van der Waals surface area contributed by atoms with E-state index in [1.165, 1.54) is 11.8 Å². The highest BCUT2D eigenvalue weighted by Crippen LogP contribution is 2.25. The van der Waals surface area contributed by atoms with Crippen molar-refractivity contribution in [1.82, 2.24) is 25.1 Å². The molecule has 0 aliphatic heterocycles. The lowest BCUT2D eigenvalue weighted by Crippen LogP contribution is -2.30. The molecule has 25 heavy (non-hydrogen) atoms. The van der Waals surface area contributed by atoms with Crippen molar-refractivity contribution in [2.45, 2.75) is 23.9 Å². The number of hydrogen-bond acceptors (Lipinski definition) is 5. The van der Waals surface area contributed by atoms with Gasteiger partial charge in [0.15, 0.2) is 11.0 Å². The van der Waals surface area contributed by atoms with Gasteiger partial charge < -0.3 is 9.88 Å². The maximum absolute atomic E-state index is 12.3. The molecule has 0 saturated heterocycles. The smallest absolute Gasteiger partial charge is 0.233 e. The van der Waals surface area contributed by atoms with Crippen LogP contribution in [0.15, 0.2) is 60.0 Å². The van der Waals surface area contributed by atoms with E-state index in [1.54, 1.807) is 12.4 Å². The van der Waals surface area contributed by atoms with Crippen LogP contribution in [0.5, 0.6) is 0 Å². The topological polar surface area (TPSA) is 72.7 Å². The average molecular weight is 353 g/mol. The number of hydrogen-bond donors (Lipinski definition) is 1. The van der Waals surface area contributed by atoms with Gasteiger partial charge in [-0.3, -0.25) is 9.78 Å². The molecule has 0 bridgehead atoms. The van der Waals surface area contributed by atoms with Gasteiger partial charge in [0.2, 0.25) is 5.91 Å². The maximum Gasteiger partial charge on any atom is 0.233 e. The summed E-state index contributed by atoms with van der Waals surface area (Å²) in [6.45, 7) is 2.39. The van der Waals surface area contributed by atoms with Gasteiger partial charge in [-0.25, -0.2) is 0 Å². The van der Waals surface area contributed by atoms with Gasteiger partial charge in [-0.05, 0) is 24.6 Å². The minimum Gasteiger partial charge on any atom is -0.351 e. The summed E-state index contributed by atoms with van der Waals surface area (Å²) in [5, 5.41) is 11.8. The van der Waals surface area contributed by atoms with Gasteiger partial charge >= 0.3 is 0 Å². The number of nitrogens with zero attached hydrogens (tertiary/aromatic N) is 4. The van der Waals surface area contributed by atoms with Gasteiger partial charge in [0.05, 0.1) is 5.25 Å². The molecule has 0 aliphatic rings. The van der Waals surface area contributed by atoms with Crippen molar-refractivity contribution >= 4 is 17.7 Å². The summed E-state index contributed by atoms with van der Waals surface area (Å²) in [5.41, 5.74) is 2.02. The summed E-state index contributed by atoms with van der Waals surface area (Å²) in [6, 6.07) is 13.6. The van der Waals surface area contributed by atoms with Crippen LogP contribution in [0.1, 0.15) is 12.5 Å². The van der Waals surface area contributed by atoms with Crippen molar-refractivity contribution in [3.8, 4) is 11.4 Å². The van der Waals surface area contributed by atoms with Gasteiger partial charge in [-0.1, -0.05) is 42.1 Å². The van der Waals surface area contributed by atoms with Gasteiger partial charge in [-0.15, -0.1) is 10.2 Å². The zero-order valence-electron chi connectivity index (χ0n) is 14.1. The van der Waals surface area contributed by atoms with Crippen molar-refractivity contribution in [2.75, 3.05) is 0 Å². The fourth-order valence-corrected chi connectivity index (χ4v) is 3.15. The zero-order chi connectivity index (χ0) is 17.6. The van der Waals surface area contributed by atoms with Crippen LogP contribution >= 0.6 is 11.8 Å². The molecule has 0 fully saturated rings. The van der Waals surface area contributed by atoms with Crippen molar-refractivity contribution in [3.63, 3.8) is 0 Å². The molecule has 1 aromatic carbocycles. The fourth-order valence-electron chi connectivity index (χ4n) is 2.31. The molecule has 1 atom stereocenters. The summed E-state index contributed by atoms with van der Waals surface area (Å²) in [4.78, 5) is 16.3. The van der Waals surface area contributed by atoms with Crippen LogP contribution in [0.3, 0.4) is 0 Å². The van der Waals surface area contributed by atoms with E-state index in [2.05, 4.69) is 20.5 Å². The number of amides is 1. The van der Waals surface area contributed by atoms with E-state index in [0.29, 0.717) is 11.7 Å². The average Bonchev–Trinajstić information content (AvgIpc) is 3.01. The molecule has 0 aliphatic carbocycles. The quantitative estimate of drug-likeness (QED) is 0.690. The standard InChI is InChI=1S/C18H19N5OS/c1-13(17(24)20-12-14-6-4-3-5-7-14)25-18-22-21-16(23(18)2)15-8-10-19-11-9-15/h3-11,13H,12H2,1-2H3,(H,20,24)/t13-/m0/s1. The Morgan fingerprint density at radius 2 is 1.88 bits per heavy atom. The first-order valence-corrected chi connectivity index (χ1v) is 8.81. The van der Waals surface area contributed by atoms with Gasteiger partial charge in [0.1, 0.15) is 0 Å². The third-order valence-electron chi connectivity index (χ3n) is 3.73. The highest BCUT2D eigenvalue weighted by Gasteiger charge is 2.19. The molecule has 0 saturated carbocycles. The van der Waals surface area contributed by atoms with Crippen molar-refractivity contribution in [1.29, 1.82) is 0 Å². The molecule has 128 valence electrons. The van der Waals surface area contributed by atoms with E-state index in [-0.39, 0.29) is 11.2 Å². The van der Waals surface area contributed by atoms with E-state index in [9.17, 15) is 4.79 Å². The molecule has 3 aromatic rings. The molecule has 1 amide bonds. The third kappa shape index (κ3) is 4.24. The Morgan fingerprint density at radius 3 is 2.60 bits per heavy atom. The Bertz CT molecular complexity index is 835. The minimum atomic E-state index is -0.267. The summed E-state index contributed by atoms with van der Waals surface area (Å²) < 4.78 is 1.89. The second-order valence-corrected chi connectivity index (χ2v) is 6.87. The summed E-state index contributed by atoms with van der Waals surface area (Å²) in [5.74, 6) is 0.726. The van der Waals surface area contributed by atoms with Crippen molar-refractivity contribution in [2.24, 2.45) is 7.05 Å². The Hall–Kier alpha value is -2.67. The number of carbonyl (C=O) groups excluding carboxylic acids is 1. The Kier molecular flexibility index (Phi) is 5.45. The number of carbonyl (C=O) groups is 1. The van der Waals surface area contributed by atoms with E-state index in [0.717, 1.165) is 17.0 Å². The molecule has 1 N–H and O–H groups in total.